The number of nitrogens with one attached hydrogen (secondary N) is 1. The molecule has 29 heavy (non-hydrogen) atoms. The summed E-state index contributed by atoms with van der Waals surface area (Å²) in [6, 6.07) is 20.1. The van der Waals surface area contributed by atoms with Gasteiger partial charge >= 0.3 is 0 Å². The number of aliphatic hydroxyl groups is 1. The highest BCUT2D eigenvalue weighted by Crippen LogP contribution is 2.46. The van der Waals surface area contributed by atoms with E-state index < -0.39 is 17.3 Å². The van der Waals surface area contributed by atoms with Gasteiger partial charge in [-0.05, 0) is 48.0 Å². The maximum absolute atomic E-state index is 12.5. The molecule has 1 amide bonds. The van der Waals surface area contributed by atoms with Gasteiger partial charge in [-0.15, -0.1) is 11.8 Å². The number of hydrogen-bond acceptors (Lipinski definition) is 5. The maximum atomic E-state index is 12.5. The van der Waals surface area contributed by atoms with E-state index in [0.29, 0.717) is 28.0 Å². The summed E-state index contributed by atoms with van der Waals surface area (Å²) in [4.78, 5) is 13.3. The van der Waals surface area contributed by atoms with Crippen LogP contribution in [0.4, 0.5) is 5.69 Å². The Labute approximate surface area is 177 Å². The minimum absolute atomic E-state index is 0.420. The smallest absolute Gasteiger partial charge is 0.254 e. The number of hydrogen-bond donors (Lipinski definition) is 2. The van der Waals surface area contributed by atoms with Crippen LogP contribution in [0.25, 0.3) is 0 Å². The number of ether oxygens (including phenoxy) is 2. The Balaban J connectivity index is 1.67. The molecule has 0 spiro atoms. The molecule has 2 N–H and O–H groups in total. The third-order valence-corrected chi connectivity index (χ3v) is 6.17. The standard InChI is InChI=1S/C22H18ClNO4S/c1-27-18-10-7-13(11-16(18)23)21-20(25)22(26)24-17-9-8-15(12-19(17)29-21)28-14-5-3-2-4-6-14/h2-12,20-21,25H,1H3,(H,24,26). The van der Waals surface area contributed by atoms with Crippen molar-refractivity contribution in [3.63, 3.8) is 0 Å². The van der Waals surface area contributed by atoms with Gasteiger partial charge in [-0.1, -0.05) is 35.9 Å². The summed E-state index contributed by atoms with van der Waals surface area (Å²) in [6.45, 7) is 0. The van der Waals surface area contributed by atoms with Gasteiger partial charge in [0.05, 0.1) is 23.1 Å². The Kier molecular flexibility index (Phi) is 5.67. The number of thioether (sulfide) groups is 1. The first-order valence-corrected chi connectivity index (χ1v) is 10.2. The normalized spacial score (nSPS) is 18.4. The predicted octanol–water partition coefficient (Wildman–Crippen LogP) is 5.29. The highest BCUT2D eigenvalue weighted by Gasteiger charge is 2.33. The van der Waals surface area contributed by atoms with Crippen LogP contribution in [0.15, 0.2) is 71.6 Å². The van der Waals surface area contributed by atoms with Crippen LogP contribution in [0.1, 0.15) is 10.8 Å². The number of aliphatic hydroxyl groups excluding tert-OH is 1. The van der Waals surface area contributed by atoms with E-state index >= 15 is 0 Å². The number of anilines is 1. The van der Waals surface area contributed by atoms with Crippen molar-refractivity contribution in [1.29, 1.82) is 0 Å². The molecule has 7 heteroatoms. The summed E-state index contributed by atoms with van der Waals surface area (Å²) in [5.41, 5.74) is 1.35. The lowest BCUT2D eigenvalue weighted by Crippen LogP contribution is -2.30. The fourth-order valence-corrected chi connectivity index (χ4v) is 4.55. The van der Waals surface area contributed by atoms with Crippen LogP contribution < -0.4 is 14.8 Å². The van der Waals surface area contributed by atoms with Crippen molar-refractivity contribution in [2.75, 3.05) is 12.4 Å². The number of amides is 1. The van der Waals surface area contributed by atoms with E-state index in [1.54, 1.807) is 30.3 Å². The molecule has 0 aliphatic carbocycles. The number of benzene rings is 3. The summed E-state index contributed by atoms with van der Waals surface area (Å²) in [7, 11) is 1.54. The zero-order chi connectivity index (χ0) is 20.4. The molecular formula is C22H18ClNO4S. The summed E-state index contributed by atoms with van der Waals surface area (Å²) in [5.74, 6) is 1.42. The van der Waals surface area contributed by atoms with Crippen molar-refractivity contribution < 1.29 is 19.4 Å². The molecule has 1 aliphatic heterocycles. The molecular weight excluding hydrogens is 410 g/mol. The van der Waals surface area contributed by atoms with Gasteiger partial charge in [0.1, 0.15) is 23.4 Å². The Morgan fingerprint density at radius 2 is 1.83 bits per heavy atom. The molecule has 0 fully saturated rings. The zero-order valence-corrected chi connectivity index (χ0v) is 17.0. The van der Waals surface area contributed by atoms with Gasteiger partial charge in [0.2, 0.25) is 0 Å². The highest BCUT2D eigenvalue weighted by atomic mass is 35.5. The number of fused-ring (bicyclic) bond motifs is 1. The first-order chi connectivity index (χ1) is 14.0. The Hall–Kier alpha value is -2.67. The molecule has 1 aliphatic rings. The molecule has 0 saturated heterocycles. The van der Waals surface area contributed by atoms with Crippen LogP contribution in [0.3, 0.4) is 0 Å². The number of para-hydroxylation sites is 1. The van der Waals surface area contributed by atoms with Crippen LogP contribution in [0, 0.1) is 0 Å². The zero-order valence-electron chi connectivity index (χ0n) is 15.5. The minimum atomic E-state index is -1.24. The molecule has 5 nitrogen and oxygen atoms in total. The summed E-state index contributed by atoms with van der Waals surface area (Å²) >= 11 is 7.63. The third kappa shape index (κ3) is 4.19. The molecule has 148 valence electrons. The molecule has 0 radical (unpaired) electrons. The highest BCUT2D eigenvalue weighted by molar-refractivity contribution is 7.99. The van der Waals surface area contributed by atoms with E-state index in [2.05, 4.69) is 5.32 Å². The number of rotatable bonds is 4. The molecule has 0 saturated carbocycles. The first kappa shape index (κ1) is 19.6. The second-order valence-electron chi connectivity index (χ2n) is 6.44. The van der Waals surface area contributed by atoms with Crippen molar-refractivity contribution in [3.8, 4) is 17.2 Å². The van der Waals surface area contributed by atoms with Gasteiger partial charge < -0.3 is 19.9 Å². The van der Waals surface area contributed by atoms with Crippen LogP contribution >= 0.6 is 23.4 Å². The minimum Gasteiger partial charge on any atom is -0.495 e. The monoisotopic (exact) mass is 427 g/mol. The Bertz CT molecular complexity index is 1040. The van der Waals surface area contributed by atoms with E-state index in [9.17, 15) is 9.90 Å². The van der Waals surface area contributed by atoms with Gasteiger partial charge in [0, 0.05) is 4.90 Å². The molecule has 1 heterocycles. The molecule has 3 aromatic rings. The van der Waals surface area contributed by atoms with E-state index in [0.717, 1.165) is 10.5 Å². The third-order valence-electron chi connectivity index (χ3n) is 4.50. The van der Waals surface area contributed by atoms with Crippen molar-refractivity contribution in [1.82, 2.24) is 0 Å². The topological polar surface area (TPSA) is 67.8 Å². The van der Waals surface area contributed by atoms with Crippen LogP contribution in [-0.2, 0) is 4.79 Å². The van der Waals surface area contributed by atoms with E-state index in [-0.39, 0.29) is 0 Å². The van der Waals surface area contributed by atoms with Gasteiger partial charge in [-0.3, -0.25) is 4.79 Å². The molecule has 4 rings (SSSR count). The van der Waals surface area contributed by atoms with Crippen LogP contribution in [-0.4, -0.2) is 24.2 Å². The fourth-order valence-electron chi connectivity index (χ4n) is 3.05. The van der Waals surface area contributed by atoms with E-state index in [1.807, 2.05) is 36.4 Å². The first-order valence-electron chi connectivity index (χ1n) is 8.91. The van der Waals surface area contributed by atoms with Crippen LogP contribution in [0.2, 0.25) is 5.02 Å². The molecule has 2 unspecified atom stereocenters. The predicted molar refractivity (Wildman–Crippen MR) is 114 cm³/mol. The fraction of sp³-hybridized carbons (Fsp3) is 0.136. The van der Waals surface area contributed by atoms with Crippen molar-refractivity contribution >= 4 is 35.0 Å². The van der Waals surface area contributed by atoms with Gasteiger partial charge in [0.25, 0.3) is 5.91 Å². The lowest BCUT2D eigenvalue weighted by Gasteiger charge is -2.19. The second-order valence-corrected chi connectivity index (χ2v) is 8.03. The number of methoxy groups -OCH3 is 1. The average molecular weight is 428 g/mol. The van der Waals surface area contributed by atoms with E-state index in [4.69, 9.17) is 21.1 Å². The molecule has 0 bridgehead atoms. The largest absolute Gasteiger partial charge is 0.495 e. The SMILES string of the molecule is COc1ccc(C2Sc3cc(Oc4ccccc4)ccc3NC(=O)C2O)cc1Cl. The lowest BCUT2D eigenvalue weighted by atomic mass is 10.1. The van der Waals surface area contributed by atoms with E-state index in [1.165, 1.54) is 18.9 Å². The van der Waals surface area contributed by atoms with Crippen LogP contribution in [0.5, 0.6) is 17.2 Å². The van der Waals surface area contributed by atoms with Crippen molar-refractivity contribution in [3.05, 3.63) is 77.3 Å². The Morgan fingerprint density at radius 3 is 2.55 bits per heavy atom. The quantitative estimate of drug-likeness (QED) is 0.592. The summed E-state index contributed by atoms with van der Waals surface area (Å²) in [6.07, 6.45) is -1.24. The van der Waals surface area contributed by atoms with Gasteiger partial charge in [-0.2, -0.15) is 0 Å². The van der Waals surface area contributed by atoms with Crippen molar-refractivity contribution in [2.24, 2.45) is 0 Å². The average Bonchev–Trinajstić information content (AvgIpc) is 2.85. The molecule has 2 atom stereocenters. The number of carbonyl (C=O) groups excluding carboxylic acids is 1. The molecule has 3 aromatic carbocycles. The lowest BCUT2D eigenvalue weighted by molar-refractivity contribution is -0.124. The van der Waals surface area contributed by atoms with Crippen molar-refractivity contribution in [2.45, 2.75) is 16.2 Å². The summed E-state index contributed by atoms with van der Waals surface area (Å²) < 4.78 is 11.1. The van der Waals surface area contributed by atoms with Gasteiger partial charge in [0.15, 0.2) is 0 Å². The second kappa shape index (κ2) is 8.37. The summed E-state index contributed by atoms with van der Waals surface area (Å²) in [5, 5.41) is 13.3. The van der Waals surface area contributed by atoms with Gasteiger partial charge in [-0.25, -0.2) is 0 Å². The number of carbonyl (C=O) groups is 1. The molecule has 0 aromatic heterocycles. The maximum Gasteiger partial charge on any atom is 0.254 e. The number of halogens is 1. The Morgan fingerprint density at radius 1 is 1.03 bits per heavy atom.